The van der Waals surface area contributed by atoms with Crippen LogP contribution in [-0.2, 0) is 13.0 Å². The van der Waals surface area contributed by atoms with E-state index in [9.17, 15) is 0 Å². The van der Waals surface area contributed by atoms with Crippen molar-refractivity contribution in [2.24, 2.45) is 0 Å². The summed E-state index contributed by atoms with van der Waals surface area (Å²) in [6.07, 6.45) is 2.60. The molecule has 0 fully saturated rings. The normalized spacial score (nSPS) is 15.3. The second-order valence-corrected chi connectivity index (χ2v) is 3.71. The quantitative estimate of drug-likeness (QED) is 0.747. The monoisotopic (exact) mass is 204 g/mol. The lowest BCUT2D eigenvalue weighted by Crippen LogP contribution is -2.23. The Morgan fingerprint density at radius 2 is 2.47 bits per heavy atom. The van der Waals surface area contributed by atoms with E-state index >= 15 is 0 Å². The highest BCUT2D eigenvalue weighted by atomic mass is 16.5. The molecular weight excluding hydrogens is 192 g/mol. The maximum absolute atomic E-state index is 4.83. The van der Waals surface area contributed by atoms with E-state index in [2.05, 4.69) is 22.5 Å². The van der Waals surface area contributed by atoms with Crippen LogP contribution in [0.2, 0.25) is 0 Å². The van der Waals surface area contributed by atoms with E-state index in [1.807, 2.05) is 10.7 Å². The molecule has 0 radical (unpaired) electrons. The Morgan fingerprint density at radius 3 is 3.20 bits per heavy atom. The van der Waals surface area contributed by atoms with E-state index in [-0.39, 0.29) is 0 Å². The van der Waals surface area contributed by atoms with Gasteiger partial charge in [-0.3, -0.25) is 0 Å². The maximum atomic E-state index is 4.83. The average Bonchev–Trinajstić information content (AvgIpc) is 2.87. The molecule has 0 saturated carbocycles. The van der Waals surface area contributed by atoms with Gasteiger partial charge in [0.2, 0.25) is 0 Å². The molecule has 3 heterocycles. The van der Waals surface area contributed by atoms with Crippen LogP contribution in [0.4, 0.5) is 0 Å². The Labute approximate surface area is 87.1 Å². The van der Waals surface area contributed by atoms with Gasteiger partial charge >= 0.3 is 0 Å². The van der Waals surface area contributed by atoms with E-state index in [4.69, 9.17) is 4.52 Å². The molecule has 3 rings (SSSR count). The van der Waals surface area contributed by atoms with E-state index in [1.54, 1.807) is 6.26 Å². The molecule has 1 N–H and O–H groups in total. The first-order chi connectivity index (χ1) is 7.36. The minimum Gasteiger partial charge on any atom is -0.363 e. The molecule has 0 unspecified atom stereocenters. The van der Waals surface area contributed by atoms with Gasteiger partial charge in [-0.15, -0.1) is 0 Å². The molecule has 15 heavy (non-hydrogen) atoms. The van der Waals surface area contributed by atoms with Crippen LogP contribution in [0.1, 0.15) is 17.0 Å². The number of rotatable bonds is 1. The summed E-state index contributed by atoms with van der Waals surface area (Å²) in [5, 5.41) is 11.7. The smallest absolute Gasteiger partial charge is 0.196 e. The van der Waals surface area contributed by atoms with E-state index in [0.29, 0.717) is 0 Å². The van der Waals surface area contributed by atoms with Crippen LogP contribution < -0.4 is 5.32 Å². The second kappa shape index (κ2) is 3.20. The van der Waals surface area contributed by atoms with Crippen molar-refractivity contribution in [1.29, 1.82) is 0 Å². The van der Waals surface area contributed by atoms with Crippen LogP contribution >= 0.6 is 0 Å². The molecule has 0 spiro atoms. The molecule has 5 nitrogen and oxygen atoms in total. The zero-order valence-corrected chi connectivity index (χ0v) is 8.53. The Hall–Kier alpha value is -1.62. The van der Waals surface area contributed by atoms with E-state index in [0.717, 1.165) is 31.0 Å². The lowest BCUT2D eigenvalue weighted by molar-refractivity contribution is 0.414. The number of hydrogen-bond donors (Lipinski definition) is 1. The van der Waals surface area contributed by atoms with Crippen molar-refractivity contribution in [3.05, 3.63) is 29.3 Å². The minimum absolute atomic E-state index is 0.752. The summed E-state index contributed by atoms with van der Waals surface area (Å²) in [6.45, 7) is 3.95. The first-order valence-corrected chi connectivity index (χ1v) is 5.05. The summed E-state index contributed by atoms with van der Waals surface area (Å²) in [7, 11) is 0. The molecule has 0 bridgehead atoms. The number of aromatic nitrogens is 3. The molecule has 0 saturated heterocycles. The lowest BCUT2D eigenvalue weighted by Gasteiger charge is -2.10. The highest BCUT2D eigenvalue weighted by Crippen LogP contribution is 2.19. The van der Waals surface area contributed by atoms with Gasteiger partial charge in [0, 0.05) is 18.3 Å². The fourth-order valence-corrected chi connectivity index (χ4v) is 2.02. The lowest BCUT2D eigenvalue weighted by atomic mass is 10.1. The highest BCUT2D eigenvalue weighted by molar-refractivity contribution is 5.33. The third-order valence-electron chi connectivity index (χ3n) is 2.81. The Kier molecular flexibility index (Phi) is 1.85. The molecular formula is C10H12N4O. The van der Waals surface area contributed by atoms with Gasteiger partial charge in [-0.25, -0.2) is 4.68 Å². The van der Waals surface area contributed by atoms with Gasteiger partial charge in [-0.05, 0) is 25.5 Å². The Bertz CT molecular complexity index is 472. The molecule has 1 aliphatic heterocycles. The minimum atomic E-state index is 0.752. The predicted octanol–water partition coefficient (Wildman–Crippen LogP) is 0.814. The van der Waals surface area contributed by atoms with Crippen LogP contribution in [0.15, 0.2) is 16.9 Å². The van der Waals surface area contributed by atoms with E-state index in [1.165, 1.54) is 11.3 Å². The highest BCUT2D eigenvalue weighted by Gasteiger charge is 2.18. The van der Waals surface area contributed by atoms with Crippen molar-refractivity contribution < 1.29 is 4.52 Å². The van der Waals surface area contributed by atoms with Crippen molar-refractivity contribution in [2.75, 3.05) is 6.54 Å². The zero-order valence-electron chi connectivity index (χ0n) is 8.53. The first-order valence-electron chi connectivity index (χ1n) is 5.05. The molecule has 0 aliphatic carbocycles. The molecule has 0 atom stereocenters. The molecule has 5 heteroatoms. The van der Waals surface area contributed by atoms with Crippen LogP contribution in [0.5, 0.6) is 0 Å². The third-order valence-corrected chi connectivity index (χ3v) is 2.81. The molecule has 2 aromatic heterocycles. The summed E-state index contributed by atoms with van der Waals surface area (Å²) >= 11 is 0. The largest absolute Gasteiger partial charge is 0.363 e. The zero-order chi connectivity index (χ0) is 10.3. The van der Waals surface area contributed by atoms with Crippen molar-refractivity contribution in [1.82, 2.24) is 20.3 Å². The van der Waals surface area contributed by atoms with Gasteiger partial charge in [-0.1, -0.05) is 5.16 Å². The molecule has 1 aliphatic rings. The Balaban J connectivity index is 2.13. The predicted molar refractivity (Wildman–Crippen MR) is 53.8 cm³/mol. The fourth-order valence-electron chi connectivity index (χ4n) is 2.02. The Morgan fingerprint density at radius 1 is 1.53 bits per heavy atom. The molecule has 0 aromatic carbocycles. The van der Waals surface area contributed by atoms with Crippen molar-refractivity contribution in [3.63, 3.8) is 0 Å². The number of nitrogens with zero attached hydrogens (tertiary/aromatic N) is 3. The molecule has 2 aromatic rings. The van der Waals surface area contributed by atoms with E-state index < -0.39 is 0 Å². The van der Waals surface area contributed by atoms with Gasteiger partial charge in [-0.2, -0.15) is 5.10 Å². The second-order valence-electron chi connectivity index (χ2n) is 3.71. The molecule has 78 valence electrons. The van der Waals surface area contributed by atoms with Gasteiger partial charge in [0.05, 0.1) is 5.69 Å². The van der Waals surface area contributed by atoms with Crippen LogP contribution in [-0.4, -0.2) is 21.5 Å². The summed E-state index contributed by atoms with van der Waals surface area (Å²) in [4.78, 5) is 0. The fraction of sp³-hybridized carbons (Fsp3) is 0.400. The number of nitrogens with one attached hydrogen (secondary N) is 1. The number of hydrogen-bond acceptors (Lipinski definition) is 4. The first kappa shape index (κ1) is 8.67. The van der Waals surface area contributed by atoms with Gasteiger partial charge in [0.25, 0.3) is 0 Å². The summed E-state index contributed by atoms with van der Waals surface area (Å²) in [5.41, 5.74) is 3.64. The van der Waals surface area contributed by atoms with Crippen LogP contribution in [0.3, 0.4) is 0 Å². The van der Waals surface area contributed by atoms with Crippen LogP contribution in [0, 0.1) is 6.92 Å². The summed E-state index contributed by atoms with van der Waals surface area (Å²) in [5.74, 6) is 0.752. The third kappa shape index (κ3) is 1.27. The summed E-state index contributed by atoms with van der Waals surface area (Å²) < 4.78 is 6.68. The standard InChI is InChI=1S/C10H12N4O/c1-7-8-2-4-11-6-9(8)12-14(7)10-3-5-15-13-10/h3,5,11H,2,4,6H2,1H3. The maximum Gasteiger partial charge on any atom is 0.196 e. The van der Waals surface area contributed by atoms with Crippen molar-refractivity contribution in [3.8, 4) is 5.82 Å². The molecule has 0 amide bonds. The SMILES string of the molecule is Cc1c2c(nn1-c1ccon1)CNCC2. The van der Waals surface area contributed by atoms with Gasteiger partial charge < -0.3 is 9.84 Å². The van der Waals surface area contributed by atoms with Gasteiger partial charge in [0.15, 0.2) is 5.82 Å². The van der Waals surface area contributed by atoms with Crippen LogP contribution in [0.25, 0.3) is 5.82 Å². The topological polar surface area (TPSA) is 55.9 Å². The number of fused-ring (bicyclic) bond motifs is 1. The van der Waals surface area contributed by atoms with Crippen molar-refractivity contribution in [2.45, 2.75) is 19.9 Å². The summed E-state index contributed by atoms with van der Waals surface area (Å²) in [6, 6.07) is 1.82. The van der Waals surface area contributed by atoms with Crippen molar-refractivity contribution >= 4 is 0 Å². The average molecular weight is 204 g/mol. The van der Waals surface area contributed by atoms with Gasteiger partial charge in [0.1, 0.15) is 6.26 Å².